The number of anilines is 6. The van der Waals surface area contributed by atoms with Crippen LogP contribution in [0, 0.1) is 0 Å². The molecule has 0 aliphatic heterocycles. The number of pyridine rings is 1. The third-order valence-corrected chi connectivity index (χ3v) is 10.6. The Morgan fingerprint density at radius 1 is 0.460 bits per heavy atom. The predicted molar refractivity (Wildman–Crippen MR) is 211 cm³/mol. The molecule has 0 fully saturated rings. The number of nitrogens with zero attached hydrogens (tertiary/aromatic N) is 3. The smallest absolute Gasteiger partial charge is 0.161 e. The van der Waals surface area contributed by atoms with Crippen molar-refractivity contribution in [3.8, 4) is 0 Å². The summed E-state index contributed by atoms with van der Waals surface area (Å²) < 4.78 is 9.53. The van der Waals surface area contributed by atoms with Crippen LogP contribution in [0.3, 0.4) is 0 Å². The van der Waals surface area contributed by atoms with Gasteiger partial charge in [-0.05, 0) is 84.9 Å². The zero-order chi connectivity index (χ0) is 33.0. The van der Waals surface area contributed by atoms with Crippen LogP contribution in [0.25, 0.3) is 53.0 Å². The molecule has 0 saturated heterocycles. The van der Waals surface area contributed by atoms with E-state index in [1.807, 2.05) is 23.6 Å². The van der Waals surface area contributed by atoms with Crippen molar-refractivity contribution >= 4 is 98.5 Å². The summed E-state index contributed by atoms with van der Waals surface area (Å²) in [5, 5.41) is 5.60. The van der Waals surface area contributed by atoms with E-state index in [1.54, 1.807) is 0 Å². The molecule has 236 valence electrons. The maximum Gasteiger partial charge on any atom is 0.161 e. The summed E-state index contributed by atoms with van der Waals surface area (Å²) in [5.41, 5.74) is 8.70. The van der Waals surface area contributed by atoms with Crippen molar-refractivity contribution in [2.24, 2.45) is 0 Å². The van der Waals surface area contributed by atoms with Gasteiger partial charge in [-0.1, -0.05) is 84.9 Å². The van der Waals surface area contributed by atoms with Crippen molar-refractivity contribution in [1.29, 1.82) is 0 Å². The molecule has 5 heteroatoms. The molecule has 3 aromatic heterocycles. The lowest BCUT2D eigenvalue weighted by Gasteiger charge is -2.33. The second-order valence-electron chi connectivity index (χ2n) is 12.4. The molecule has 0 amide bonds. The van der Waals surface area contributed by atoms with E-state index in [-0.39, 0.29) is 0 Å². The Hall–Kier alpha value is -6.43. The van der Waals surface area contributed by atoms with Crippen LogP contribution in [-0.2, 0) is 0 Å². The van der Waals surface area contributed by atoms with Gasteiger partial charge < -0.3 is 14.2 Å². The highest BCUT2D eigenvalue weighted by Crippen LogP contribution is 2.53. The highest BCUT2D eigenvalue weighted by Gasteiger charge is 2.29. The molecular weight excluding hydrogens is 631 g/mol. The van der Waals surface area contributed by atoms with E-state index >= 15 is 0 Å². The van der Waals surface area contributed by atoms with Crippen LogP contribution < -0.4 is 9.80 Å². The van der Waals surface area contributed by atoms with Crippen LogP contribution in [0.5, 0.6) is 0 Å². The number of para-hydroxylation sites is 3. The molecule has 50 heavy (non-hydrogen) atoms. The van der Waals surface area contributed by atoms with Gasteiger partial charge in [-0.2, -0.15) is 0 Å². The molecule has 7 aromatic carbocycles. The largest absolute Gasteiger partial charge is 0.454 e. The van der Waals surface area contributed by atoms with Crippen LogP contribution in [0.15, 0.2) is 180 Å². The van der Waals surface area contributed by atoms with Gasteiger partial charge in [-0.15, -0.1) is 11.3 Å². The van der Waals surface area contributed by atoms with Crippen molar-refractivity contribution in [3.63, 3.8) is 0 Å². The van der Waals surface area contributed by atoms with Crippen molar-refractivity contribution in [2.45, 2.75) is 0 Å². The number of hydrogen-bond acceptors (Lipinski definition) is 5. The normalized spacial score (nSPS) is 11.6. The number of thiophene rings is 1. The minimum Gasteiger partial charge on any atom is -0.454 e. The second-order valence-corrected chi connectivity index (χ2v) is 13.4. The van der Waals surface area contributed by atoms with Gasteiger partial charge in [-0.3, -0.25) is 4.98 Å². The average molecular weight is 660 g/mol. The predicted octanol–water partition coefficient (Wildman–Crippen LogP) is 13.4. The van der Waals surface area contributed by atoms with Gasteiger partial charge in [0.05, 0.1) is 22.3 Å². The van der Waals surface area contributed by atoms with Crippen molar-refractivity contribution in [3.05, 3.63) is 176 Å². The van der Waals surface area contributed by atoms with Gasteiger partial charge in [-0.25, -0.2) is 0 Å². The molecule has 0 N–H and O–H groups in total. The molecule has 0 atom stereocenters. The van der Waals surface area contributed by atoms with Crippen LogP contribution in [0.2, 0.25) is 0 Å². The molecule has 3 heterocycles. The fraction of sp³-hybridized carbons (Fsp3) is 0. The third-order valence-electron chi connectivity index (χ3n) is 9.46. The average Bonchev–Trinajstić information content (AvgIpc) is 3.76. The first-order chi connectivity index (χ1) is 24.8. The number of aromatic nitrogens is 1. The van der Waals surface area contributed by atoms with Gasteiger partial charge in [0, 0.05) is 54.2 Å². The highest BCUT2D eigenvalue weighted by molar-refractivity contribution is 7.26. The molecule has 10 rings (SSSR count). The fourth-order valence-corrected chi connectivity index (χ4v) is 8.45. The molecule has 0 spiro atoms. The first-order valence-electron chi connectivity index (χ1n) is 16.7. The molecule has 0 saturated carbocycles. The molecule has 4 nitrogen and oxygen atoms in total. The van der Waals surface area contributed by atoms with E-state index in [1.165, 1.54) is 20.2 Å². The number of benzene rings is 7. The van der Waals surface area contributed by atoms with Crippen molar-refractivity contribution in [1.82, 2.24) is 4.98 Å². The number of furan rings is 1. The van der Waals surface area contributed by atoms with E-state index in [2.05, 4.69) is 174 Å². The summed E-state index contributed by atoms with van der Waals surface area (Å²) in [6.45, 7) is 0. The first kappa shape index (κ1) is 28.6. The minimum atomic E-state index is 0.798. The summed E-state index contributed by atoms with van der Waals surface area (Å²) in [7, 11) is 0. The Balaban J connectivity index is 1.38. The number of rotatable bonds is 6. The van der Waals surface area contributed by atoms with E-state index < -0.39 is 0 Å². The number of fused-ring (bicyclic) bond motifs is 8. The molecule has 0 bridgehead atoms. The molecule has 0 aliphatic rings. The standard InChI is InChI=1S/C45H29N3OS/c1-4-15-31(16-5-1)47(32-17-6-2-7-18-32)44-37(27-26-35-42-38(49-45(35)44)28-25-30-14-13-29-46-43(30)42)48(33-19-8-3-9-20-33)36-22-12-24-40-41(36)34-21-10-11-23-39(34)50-40/h1-29H. The minimum absolute atomic E-state index is 0.798. The Labute approximate surface area is 292 Å². The zero-order valence-electron chi connectivity index (χ0n) is 26.9. The van der Waals surface area contributed by atoms with Crippen LogP contribution in [0.1, 0.15) is 0 Å². The van der Waals surface area contributed by atoms with E-state index in [0.717, 1.165) is 67.0 Å². The lowest BCUT2D eigenvalue weighted by atomic mass is 10.0. The lowest BCUT2D eigenvalue weighted by molar-refractivity contribution is 0.669. The molecule has 10 aromatic rings. The van der Waals surface area contributed by atoms with Gasteiger partial charge in [0.25, 0.3) is 0 Å². The highest BCUT2D eigenvalue weighted by atomic mass is 32.1. The fourth-order valence-electron chi connectivity index (χ4n) is 7.33. The molecule has 0 unspecified atom stereocenters. The van der Waals surface area contributed by atoms with E-state index in [0.29, 0.717) is 0 Å². The van der Waals surface area contributed by atoms with Crippen molar-refractivity contribution < 1.29 is 4.42 Å². The quantitative estimate of drug-likeness (QED) is 0.178. The Morgan fingerprint density at radius 2 is 1.12 bits per heavy atom. The van der Waals surface area contributed by atoms with Gasteiger partial charge in [0.15, 0.2) is 5.58 Å². The third kappa shape index (κ3) is 4.48. The lowest BCUT2D eigenvalue weighted by Crippen LogP contribution is -2.17. The summed E-state index contributed by atoms with van der Waals surface area (Å²) in [4.78, 5) is 9.58. The summed E-state index contributed by atoms with van der Waals surface area (Å²) in [5.74, 6) is 0. The zero-order valence-corrected chi connectivity index (χ0v) is 27.7. The second kappa shape index (κ2) is 11.6. The Bertz CT molecular complexity index is 2790. The van der Waals surface area contributed by atoms with Gasteiger partial charge in [0.2, 0.25) is 0 Å². The van der Waals surface area contributed by atoms with Crippen LogP contribution in [-0.4, -0.2) is 4.98 Å². The molecular formula is C45H29N3OS. The monoisotopic (exact) mass is 659 g/mol. The van der Waals surface area contributed by atoms with Crippen LogP contribution >= 0.6 is 11.3 Å². The number of hydrogen-bond donors (Lipinski definition) is 0. The molecule has 0 radical (unpaired) electrons. The van der Waals surface area contributed by atoms with E-state index in [4.69, 9.17) is 9.40 Å². The summed E-state index contributed by atoms with van der Waals surface area (Å²) in [6.07, 6.45) is 1.86. The van der Waals surface area contributed by atoms with Gasteiger partial charge in [0.1, 0.15) is 11.3 Å². The maximum atomic E-state index is 7.01. The van der Waals surface area contributed by atoms with Crippen molar-refractivity contribution in [2.75, 3.05) is 9.80 Å². The van der Waals surface area contributed by atoms with Crippen LogP contribution in [0.4, 0.5) is 34.1 Å². The Kier molecular flexibility index (Phi) is 6.64. The SMILES string of the molecule is c1ccc(N(c2ccccc2)c2c(N(c3ccccc3)c3cccc4sc5ccccc5c34)ccc3c2oc2ccc4cccnc4c23)cc1. The van der Waals surface area contributed by atoms with E-state index in [9.17, 15) is 0 Å². The Morgan fingerprint density at radius 3 is 1.86 bits per heavy atom. The topological polar surface area (TPSA) is 32.5 Å². The maximum absolute atomic E-state index is 7.01. The molecule has 0 aliphatic carbocycles. The van der Waals surface area contributed by atoms with Gasteiger partial charge >= 0.3 is 0 Å². The summed E-state index contributed by atoms with van der Waals surface area (Å²) in [6, 6.07) is 59.9. The first-order valence-corrected chi connectivity index (χ1v) is 17.5. The summed E-state index contributed by atoms with van der Waals surface area (Å²) >= 11 is 1.83.